The van der Waals surface area contributed by atoms with Crippen LogP contribution in [-0.4, -0.2) is 12.9 Å². The standard InChI is InChI=1S/C17H17ClO2/c1-10-5-13(9-15(18)6-10)16(19)14-7-11(2)17(20-4)12(3)8-14/h5-9H,1-4H3. The lowest BCUT2D eigenvalue weighted by Gasteiger charge is -2.11. The van der Waals surface area contributed by atoms with E-state index in [9.17, 15) is 4.79 Å². The van der Waals surface area contributed by atoms with E-state index in [2.05, 4.69) is 0 Å². The van der Waals surface area contributed by atoms with E-state index in [1.165, 1.54) is 0 Å². The predicted octanol–water partition coefficient (Wildman–Crippen LogP) is 4.50. The predicted molar refractivity (Wildman–Crippen MR) is 82.1 cm³/mol. The Hall–Kier alpha value is -1.80. The van der Waals surface area contributed by atoms with Gasteiger partial charge in [0.25, 0.3) is 0 Å². The number of halogens is 1. The van der Waals surface area contributed by atoms with Crippen LogP contribution in [0.15, 0.2) is 30.3 Å². The van der Waals surface area contributed by atoms with Gasteiger partial charge in [-0.1, -0.05) is 11.6 Å². The summed E-state index contributed by atoms with van der Waals surface area (Å²) in [6.07, 6.45) is 0. The molecule has 0 spiro atoms. The second kappa shape index (κ2) is 5.68. The summed E-state index contributed by atoms with van der Waals surface area (Å²) in [7, 11) is 1.64. The van der Waals surface area contributed by atoms with Crippen molar-refractivity contribution in [2.75, 3.05) is 7.11 Å². The second-order valence-electron chi connectivity index (χ2n) is 4.99. The lowest BCUT2D eigenvalue weighted by atomic mass is 9.97. The molecule has 0 fully saturated rings. The molecule has 0 radical (unpaired) electrons. The van der Waals surface area contributed by atoms with Crippen molar-refractivity contribution >= 4 is 17.4 Å². The number of ketones is 1. The van der Waals surface area contributed by atoms with Crippen molar-refractivity contribution in [2.45, 2.75) is 20.8 Å². The monoisotopic (exact) mass is 288 g/mol. The van der Waals surface area contributed by atoms with Gasteiger partial charge in [0.05, 0.1) is 7.11 Å². The number of carbonyl (C=O) groups is 1. The highest BCUT2D eigenvalue weighted by molar-refractivity contribution is 6.31. The summed E-state index contributed by atoms with van der Waals surface area (Å²) in [5, 5.41) is 0.579. The first-order chi connectivity index (χ1) is 9.42. The average molecular weight is 289 g/mol. The molecule has 0 aliphatic heterocycles. The number of methoxy groups -OCH3 is 1. The average Bonchev–Trinajstić information content (AvgIpc) is 2.36. The third-order valence-electron chi connectivity index (χ3n) is 3.23. The Bertz CT molecular complexity index is 631. The van der Waals surface area contributed by atoms with E-state index >= 15 is 0 Å². The van der Waals surface area contributed by atoms with E-state index in [-0.39, 0.29) is 5.78 Å². The smallest absolute Gasteiger partial charge is 0.193 e. The van der Waals surface area contributed by atoms with Gasteiger partial charge in [0.2, 0.25) is 0 Å². The minimum absolute atomic E-state index is 0.0237. The number of carbonyl (C=O) groups excluding carboxylic acids is 1. The van der Waals surface area contributed by atoms with Crippen LogP contribution < -0.4 is 4.74 Å². The third kappa shape index (κ3) is 2.86. The Morgan fingerprint density at radius 1 is 0.950 bits per heavy atom. The fraction of sp³-hybridized carbons (Fsp3) is 0.235. The first-order valence-electron chi connectivity index (χ1n) is 6.39. The molecule has 2 aromatic rings. The largest absolute Gasteiger partial charge is 0.496 e. The molecule has 0 aliphatic rings. The number of benzene rings is 2. The number of hydrogen-bond acceptors (Lipinski definition) is 2. The van der Waals surface area contributed by atoms with Crippen LogP contribution in [0.25, 0.3) is 0 Å². The Morgan fingerprint density at radius 2 is 1.50 bits per heavy atom. The van der Waals surface area contributed by atoms with E-state index < -0.39 is 0 Å². The molecule has 2 aromatic carbocycles. The summed E-state index contributed by atoms with van der Waals surface area (Å²) in [6, 6.07) is 9.09. The van der Waals surface area contributed by atoms with Crippen LogP contribution in [0.2, 0.25) is 5.02 Å². The Morgan fingerprint density at radius 3 is 2.00 bits per heavy atom. The van der Waals surface area contributed by atoms with Gasteiger partial charge >= 0.3 is 0 Å². The van der Waals surface area contributed by atoms with Crippen LogP contribution in [0.1, 0.15) is 32.6 Å². The maximum atomic E-state index is 12.6. The van der Waals surface area contributed by atoms with Gasteiger partial charge in [0.15, 0.2) is 5.78 Å². The molecule has 0 saturated heterocycles. The summed E-state index contributed by atoms with van der Waals surface area (Å²) in [5.74, 6) is 0.799. The molecule has 0 aromatic heterocycles. The number of aryl methyl sites for hydroxylation is 3. The number of rotatable bonds is 3. The van der Waals surface area contributed by atoms with Crippen molar-refractivity contribution in [1.82, 2.24) is 0 Å². The fourth-order valence-electron chi connectivity index (χ4n) is 2.44. The van der Waals surface area contributed by atoms with Crippen molar-refractivity contribution in [2.24, 2.45) is 0 Å². The summed E-state index contributed by atoms with van der Waals surface area (Å²) in [6.45, 7) is 5.80. The zero-order valence-corrected chi connectivity index (χ0v) is 12.8. The molecule has 0 bridgehead atoms. The fourth-order valence-corrected chi connectivity index (χ4v) is 2.73. The first-order valence-corrected chi connectivity index (χ1v) is 6.77. The van der Waals surface area contributed by atoms with Gasteiger partial charge < -0.3 is 4.74 Å². The zero-order chi connectivity index (χ0) is 14.9. The second-order valence-corrected chi connectivity index (χ2v) is 5.43. The van der Waals surface area contributed by atoms with Gasteiger partial charge in [-0.05, 0) is 67.8 Å². The zero-order valence-electron chi connectivity index (χ0n) is 12.1. The first kappa shape index (κ1) is 14.6. The van der Waals surface area contributed by atoms with Crippen molar-refractivity contribution in [3.63, 3.8) is 0 Å². The molecule has 0 saturated carbocycles. The van der Waals surface area contributed by atoms with Gasteiger partial charge in [-0.25, -0.2) is 0 Å². The molecular formula is C17H17ClO2. The van der Waals surface area contributed by atoms with E-state index in [0.717, 1.165) is 22.4 Å². The van der Waals surface area contributed by atoms with Crippen molar-refractivity contribution in [1.29, 1.82) is 0 Å². The minimum atomic E-state index is -0.0237. The van der Waals surface area contributed by atoms with E-state index in [0.29, 0.717) is 16.1 Å². The summed E-state index contributed by atoms with van der Waals surface area (Å²) in [4.78, 5) is 12.6. The van der Waals surface area contributed by atoms with Crippen LogP contribution in [0, 0.1) is 20.8 Å². The van der Waals surface area contributed by atoms with Crippen LogP contribution in [-0.2, 0) is 0 Å². The third-order valence-corrected chi connectivity index (χ3v) is 3.45. The molecular weight excluding hydrogens is 272 g/mol. The van der Waals surface area contributed by atoms with Gasteiger partial charge in [-0.3, -0.25) is 4.79 Å². The molecule has 20 heavy (non-hydrogen) atoms. The SMILES string of the molecule is COc1c(C)cc(C(=O)c2cc(C)cc(Cl)c2)cc1C. The molecule has 0 heterocycles. The quantitative estimate of drug-likeness (QED) is 0.777. The lowest BCUT2D eigenvalue weighted by molar-refractivity contribution is 0.103. The highest BCUT2D eigenvalue weighted by Gasteiger charge is 2.14. The number of hydrogen-bond donors (Lipinski definition) is 0. The molecule has 0 aliphatic carbocycles. The topological polar surface area (TPSA) is 26.3 Å². The summed E-state index contributed by atoms with van der Waals surface area (Å²) >= 11 is 6.02. The Kier molecular flexibility index (Phi) is 4.15. The normalized spacial score (nSPS) is 10.4. The summed E-state index contributed by atoms with van der Waals surface area (Å²) < 4.78 is 5.32. The Labute approximate surface area is 124 Å². The molecule has 2 nitrogen and oxygen atoms in total. The number of ether oxygens (including phenoxy) is 1. The van der Waals surface area contributed by atoms with Gasteiger partial charge in [-0.2, -0.15) is 0 Å². The molecule has 0 amide bonds. The van der Waals surface area contributed by atoms with Crippen molar-refractivity contribution < 1.29 is 9.53 Å². The van der Waals surface area contributed by atoms with Crippen molar-refractivity contribution in [3.05, 3.63) is 63.2 Å². The van der Waals surface area contributed by atoms with E-state index in [1.807, 2.05) is 45.0 Å². The summed E-state index contributed by atoms with van der Waals surface area (Å²) in [5.41, 5.74) is 4.15. The molecule has 2 rings (SSSR count). The van der Waals surface area contributed by atoms with Gasteiger partial charge in [-0.15, -0.1) is 0 Å². The molecule has 0 N–H and O–H groups in total. The van der Waals surface area contributed by atoms with Gasteiger partial charge in [0.1, 0.15) is 5.75 Å². The van der Waals surface area contributed by atoms with E-state index in [1.54, 1.807) is 13.2 Å². The van der Waals surface area contributed by atoms with E-state index in [4.69, 9.17) is 16.3 Å². The highest BCUT2D eigenvalue weighted by Crippen LogP contribution is 2.26. The lowest BCUT2D eigenvalue weighted by Crippen LogP contribution is -2.04. The van der Waals surface area contributed by atoms with Crippen LogP contribution in [0.4, 0.5) is 0 Å². The molecule has 0 atom stereocenters. The maximum absolute atomic E-state index is 12.6. The van der Waals surface area contributed by atoms with Crippen LogP contribution in [0.3, 0.4) is 0 Å². The minimum Gasteiger partial charge on any atom is -0.496 e. The van der Waals surface area contributed by atoms with Crippen LogP contribution >= 0.6 is 11.6 Å². The maximum Gasteiger partial charge on any atom is 0.193 e. The van der Waals surface area contributed by atoms with Gasteiger partial charge in [0, 0.05) is 16.1 Å². The molecule has 104 valence electrons. The van der Waals surface area contributed by atoms with Crippen molar-refractivity contribution in [3.8, 4) is 5.75 Å². The van der Waals surface area contributed by atoms with Crippen LogP contribution in [0.5, 0.6) is 5.75 Å². The molecule has 0 unspecified atom stereocenters. The Balaban J connectivity index is 2.48. The molecule has 3 heteroatoms. The highest BCUT2D eigenvalue weighted by atomic mass is 35.5.